The van der Waals surface area contributed by atoms with Crippen LogP contribution in [0, 0.1) is 12.7 Å². The van der Waals surface area contributed by atoms with Crippen LogP contribution < -0.4 is 21.1 Å². The number of amides is 4. The van der Waals surface area contributed by atoms with Crippen molar-refractivity contribution in [1.29, 1.82) is 0 Å². The molecule has 2 aliphatic rings. The molecule has 1 aliphatic heterocycles. The van der Waals surface area contributed by atoms with Crippen LogP contribution in [0.5, 0.6) is 5.75 Å². The van der Waals surface area contributed by atoms with Crippen molar-refractivity contribution in [3.8, 4) is 5.75 Å². The molecule has 1 aromatic heterocycles. The van der Waals surface area contributed by atoms with Gasteiger partial charge in [0.05, 0.1) is 19.2 Å². The van der Waals surface area contributed by atoms with Crippen molar-refractivity contribution < 1.29 is 32.7 Å². The Bertz CT molecular complexity index is 1300. The first-order valence-corrected chi connectivity index (χ1v) is 11.7. The summed E-state index contributed by atoms with van der Waals surface area (Å²) in [4.78, 5) is 54.1. The second kappa shape index (κ2) is 11.8. The molecule has 1 saturated carbocycles. The predicted molar refractivity (Wildman–Crippen MR) is 137 cm³/mol. The van der Waals surface area contributed by atoms with Crippen molar-refractivity contribution in [2.45, 2.75) is 31.3 Å². The minimum atomic E-state index is -1.78. The largest absolute Gasteiger partial charge is 0.494 e. The number of allylic oxidation sites excluding steroid dienone is 1. The maximum Gasteiger partial charge on any atom is 0.322 e. The number of carbonyl (C=O) groups is 4. The number of likely N-dealkylation sites (N-methyl/N-ethyl adjacent to an activating group) is 1. The molecule has 202 valence electrons. The highest BCUT2D eigenvalue weighted by atomic mass is 19.1. The van der Waals surface area contributed by atoms with E-state index in [0.717, 1.165) is 4.90 Å². The molecule has 0 unspecified atom stereocenters. The summed E-state index contributed by atoms with van der Waals surface area (Å²) in [7, 11) is 4.15. The molecular weight excluding hydrogens is 497 g/mol. The Balaban J connectivity index is 0.000000912. The normalized spacial score (nSPS) is 18.9. The summed E-state index contributed by atoms with van der Waals surface area (Å²) in [5.74, 6) is -2.19. The number of aryl methyl sites for hydroxylation is 1. The number of furan rings is 1. The third-order valence-corrected chi connectivity index (χ3v) is 5.90. The number of urea groups is 1. The molecule has 0 radical (unpaired) electrons. The Kier molecular flexibility index (Phi) is 8.79. The second-order valence-corrected chi connectivity index (χ2v) is 8.94. The van der Waals surface area contributed by atoms with Crippen molar-refractivity contribution in [2.75, 3.05) is 27.7 Å². The molecule has 12 heteroatoms. The molecule has 1 saturated heterocycles. The van der Waals surface area contributed by atoms with Crippen LogP contribution in [0.3, 0.4) is 0 Å². The van der Waals surface area contributed by atoms with Gasteiger partial charge in [0.25, 0.3) is 11.8 Å². The van der Waals surface area contributed by atoms with Crippen molar-refractivity contribution in [3.05, 3.63) is 58.3 Å². The minimum Gasteiger partial charge on any atom is -0.494 e. The van der Waals surface area contributed by atoms with Crippen LogP contribution >= 0.6 is 0 Å². The van der Waals surface area contributed by atoms with Gasteiger partial charge in [0.15, 0.2) is 23.4 Å². The van der Waals surface area contributed by atoms with Crippen LogP contribution in [0.1, 0.15) is 40.3 Å². The number of halogens is 1. The van der Waals surface area contributed by atoms with E-state index in [1.54, 1.807) is 6.92 Å². The molecule has 4 rings (SSSR count). The molecule has 38 heavy (non-hydrogen) atoms. The van der Waals surface area contributed by atoms with E-state index < -0.39 is 29.2 Å². The van der Waals surface area contributed by atoms with E-state index in [4.69, 9.17) is 14.9 Å². The molecule has 1 aromatic carbocycles. The van der Waals surface area contributed by atoms with Crippen LogP contribution in [-0.4, -0.2) is 69.0 Å². The molecule has 4 N–H and O–H groups in total. The molecule has 0 spiro atoms. The van der Waals surface area contributed by atoms with Gasteiger partial charge >= 0.3 is 6.03 Å². The number of ether oxygens (including phenoxy) is 1. The molecule has 2 aromatic rings. The average Bonchev–Trinajstić information content (AvgIpc) is 3.41. The Labute approximate surface area is 218 Å². The zero-order valence-electron chi connectivity index (χ0n) is 21.5. The zero-order chi connectivity index (χ0) is 28.0. The van der Waals surface area contributed by atoms with E-state index in [9.17, 15) is 23.6 Å². The van der Waals surface area contributed by atoms with Crippen molar-refractivity contribution in [2.24, 2.45) is 10.7 Å². The molecule has 2 heterocycles. The number of aldehydes is 1. The number of nitrogens with two attached hydrogens (primary N) is 1. The van der Waals surface area contributed by atoms with Gasteiger partial charge in [0.2, 0.25) is 0 Å². The lowest BCUT2D eigenvalue weighted by molar-refractivity contribution is -0.125. The number of rotatable bonds is 8. The minimum absolute atomic E-state index is 0.0169. The summed E-state index contributed by atoms with van der Waals surface area (Å²) in [5, 5.41) is 4.65. The lowest BCUT2D eigenvalue weighted by Crippen LogP contribution is -2.53. The first-order valence-electron chi connectivity index (χ1n) is 11.7. The highest BCUT2D eigenvalue weighted by Crippen LogP contribution is 2.30. The van der Waals surface area contributed by atoms with Gasteiger partial charge < -0.3 is 25.1 Å². The molecule has 4 amide bonds. The van der Waals surface area contributed by atoms with Gasteiger partial charge in [-0.15, -0.1) is 0 Å². The van der Waals surface area contributed by atoms with Crippen molar-refractivity contribution in [1.82, 2.24) is 15.5 Å². The summed E-state index contributed by atoms with van der Waals surface area (Å²) >= 11 is 0. The molecular formula is C26H30FN5O6. The van der Waals surface area contributed by atoms with E-state index in [2.05, 4.69) is 15.6 Å². The van der Waals surface area contributed by atoms with E-state index in [-0.39, 0.29) is 35.0 Å². The van der Waals surface area contributed by atoms with Gasteiger partial charge in [-0.3, -0.25) is 24.7 Å². The average molecular weight is 528 g/mol. The first-order chi connectivity index (χ1) is 18.1. The van der Waals surface area contributed by atoms with Gasteiger partial charge in [0, 0.05) is 31.9 Å². The molecule has 0 bridgehead atoms. The van der Waals surface area contributed by atoms with Crippen LogP contribution in [0.2, 0.25) is 0 Å². The Morgan fingerprint density at radius 3 is 2.53 bits per heavy atom. The molecule has 1 aliphatic carbocycles. The number of aliphatic imine (C=N–C) groups is 1. The highest BCUT2D eigenvalue weighted by molar-refractivity contribution is 6.08. The standard InChI is InChI=1S/C23H23FN4O6.C3H7N/c1-13-5-7-16(33-4)19(24)18(13)20(30)28(3)12-23(21(31)26-22(32)27-23)17-8-6-15(34-17)9-14(11-29)10-25-2;4-3-1-2-3/h5-11H,12H2,1-4H3,(H2,26,27,31,32);3H,1-2,4H2/b14-9+,25-10?;/t23-;/m0./s1. The fourth-order valence-corrected chi connectivity index (χ4v) is 3.72. The van der Waals surface area contributed by atoms with E-state index in [1.165, 1.54) is 70.6 Å². The fraction of sp³-hybridized carbons (Fsp3) is 0.346. The van der Waals surface area contributed by atoms with E-state index >= 15 is 0 Å². The fourth-order valence-electron chi connectivity index (χ4n) is 3.72. The number of nitrogens with one attached hydrogen (secondary N) is 2. The summed E-state index contributed by atoms with van der Waals surface area (Å²) in [6.45, 7) is 1.20. The van der Waals surface area contributed by atoms with Gasteiger partial charge in [0.1, 0.15) is 11.5 Å². The van der Waals surface area contributed by atoms with Gasteiger partial charge in [-0.25, -0.2) is 9.18 Å². The maximum absolute atomic E-state index is 14.9. The highest BCUT2D eigenvalue weighted by Gasteiger charge is 2.51. The number of hydrogen-bond acceptors (Lipinski definition) is 8. The lowest BCUT2D eigenvalue weighted by atomic mass is 9.95. The quantitative estimate of drug-likeness (QED) is 0.205. The van der Waals surface area contributed by atoms with Gasteiger partial charge in [-0.1, -0.05) is 6.07 Å². The lowest BCUT2D eigenvalue weighted by Gasteiger charge is -2.29. The summed E-state index contributed by atoms with van der Waals surface area (Å²) in [6.07, 6.45) is 5.83. The van der Waals surface area contributed by atoms with Crippen LogP contribution in [0.25, 0.3) is 6.08 Å². The molecule has 11 nitrogen and oxygen atoms in total. The maximum atomic E-state index is 14.9. The van der Waals surface area contributed by atoms with Gasteiger partial charge in [-0.2, -0.15) is 0 Å². The van der Waals surface area contributed by atoms with Crippen molar-refractivity contribution in [3.63, 3.8) is 0 Å². The number of benzene rings is 1. The third kappa shape index (κ3) is 6.14. The second-order valence-electron chi connectivity index (χ2n) is 8.94. The smallest absolute Gasteiger partial charge is 0.322 e. The van der Waals surface area contributed by atoms with Crippen molar-refractivity contribution >= 4 is 36.4 Å². The summed E-state index contributed by atoms with van der Waals surface area (Å²) < 4.78 is 25.5. The van der Waals surface area contributed by atoms with Crippen LogP contribution in [-0.2, 0) is 15.1 Å². The van der Waals surface area contributed by atoms with E-state index in [1.807, 2.05) is 0 Å². The number of methoxy groups -OCH3 is 1. The van der Waals surface area contributed by atoms with Crippen LogP contribution in [0.4, 0.5) is 9.18 Å². The van der Waals surface area contributed by atoms with Crippen LogP contribution in [0.15, 0.2) is 39.2 Å². The van der Waals surface area contributed by atoms with E-state index in [0.29, 0.717) is 17.9 Å². The molecule has 1 atom stereocenters. The van der Waals surface area contributed by atoms with Gasteiger partial charge in [-0.05, 0) is 49.6 Å². The number of nitrogens with zero attached hydrogens (tertiary/aromatic N) is 2. The monoisotopic (exact) mass is 527 g/mol. The Hall–Kier alpha value is -4.32. The summed E-state index contributed by atoms with van der Waals surface area (Å²) in [6, 6.07) is 5.68. The summed E-state index contributed by atoms with van der Waals surface area (Å²) in [5.41, 5.74) is 3.80. The topological polar surface area (TPSA) is 156 Å². The number of imide groups is 1. The first kappa shape index (κ1) is 28.3. The third-order valence-electron chi connectivity index (χ3n) is 5.90. The zero-order valence-corrected chi connectivity index (χ0v) is 21.5. The number of hydrogen-bond donors (Lipinski definition) is 3. The predicted octanol–water partition coefficient (Wildman–Crippen LogP) is 1.93. The Morgan fingerprint density at radius 2 is 2.00 bits per heavy atom. The SMILES string of the molecule is CN=C/C(C=O)=C\c1ccc([C@]2(CN(C)C(=O)c3c(C)ccc(OC)c3F)NC(=O)NC2=O)o1.NC1CC1. The molecule has 2 fully saturated rings. The Morgan fingerprint density at radius 1 is 1.32 bits per heavy atom. The number of carbonyl (C=O) groups excluding carboxylic acids is 4.